The zero-order valence-electron chi connectivity index (χ0n) is 16.3. The molecular formula is C17H27F3N4O4. The second-order valence-electron chi connectivity index (χ2n) is 7.27. The number of imide groups is 1. The standard InChI is InChI=1S/C17H27F3N4O4/c1-8(2)12(13(25)17(18,19)20)24(16(28)11-6-5-7-22-11)15(27)10(4)23-14(26)9(3)21/h8-12,22H,5-7,21H2,1-4H3,(H,23,26). The second kappa shape index (κ2) is 9.46. The SMILES string of the molecule is CC(N)C(=O)NC(C)C(=O)N(C(=O)C1CCCN1)C(C(=O)C(F)(F)F)C(C)C. The van der Waals surface area contributed by atoms with Crippen molar-refractivity contribution in [1.29, 1.82) is 0 Å². The Kier molecular flexibility index (Phi) is 8.12. The van der Waals surface area contributed by atoms with E-state index >= 15 is 0 Å². The van der Waals surface area contributed by atoms with Crippen molar-refractivity contribution in [3.8, 4) is 0 Å². The highest BCUT2D eigenvalue weighted by molar-refractivity contribution is 6.06. The minimum absolute atomic E-state index is 0.328. The Hall–Kier alpha value is -2.01. The molecule has 4 unspecified atom stereocenters. The highest BCUT2D eigenvalue weighted by Crippen LogP contribution is 2.26. The smallest absolute Gasteiger partial charge is 0.343 e. The number of amides is 3. The van der Waals surface area contributed by atoms with Gasteiger partial charge in [0.25, 0.3) is 11.7 Å². The van der Waals surface area contributed by atoms with Crippen LogP contribution in [0.2, 0.25) is 0 Å². The number of rotatable bonds is 7. The van der Waals surface area contributed by atoms with Crippen molar-refractivity contribution in [2.45, 2.75) is 70.9 Å². The van der Waals surface area contributed by atoms with E-state index in [1.165, 1.54) is 27.7 Å². The highest BCUT2D eigenvalue weighted by atomic mass is 19.4. The van der Waals surface area contributed by atoms with E-state index in [4.69, 9.17) is 5.73 Å². The number of carbonyl (C=O) groups excluding carboxylic acids is 4. The van der Waals surface area contributed by atoms with Crippen LogP contribution in [0.15, 0.2) is 0 Å². The van der Waals surface area contributed by atoms with E-state index in [1.807, 2.05) is 0 Å². The third kappa shape index (κ3) is 5.74. The van der Waals surface area contributed by atoms with Crippen LogP contribution in [0.25, 0.3) is 0 Å². The fourth-order valence-electron chi connectivity index (χ4n) is 2.95. The lowest BCUT2D eigenvalue weighted by Crippen LogP contribution is -2.62. The fourth-order valence-corrected chi connectivity index (χ4v) is 2.95. The van der Waals surface area contributed by atoms with Crippen LogP contribution in [-0.2, 0) is 19.2 Å². The summed E-state index contributed by atoms with van der Waals surface area (Å²) in [6.07, 6.45) is -4.29. The van der Waals surface area contributed by atoms with Crippen molar-refractivity contribution in [2.75, 3.05) is 6.54 Å². The molecule has 0 aromatic heterocycles. The van der Waals surface area contributed by atoms with Gasteiger partial charge < -0.3 is 16.4 Å². The predicted octanol–water partition coefficient (Wildman–Crippen LogP) is 0.102. The van der Waals surface area contributed by atoms with Gasteiger partial charge in [-0.3, -0.25) is 24.1 Å². The van der Waals surface area contributed by atoms with Crippen molar-refractivity contribution >= 4 is 23.5 Å². The Labute approximate surface area is 161 Å². The van der Waals surface area contributed by atoms with Gasteiger partial charge in [0.1, 0.15) is 12.1 Å². The summed E-state index contributed by atoms with van der Waals surface area (Å²) in [5, 5.41) is 5.07. The molecule has 8 nitrogen and oxygen atoms in total. The van der Waals surface area contributed by atoms with Gasteiger partial charge in [0.15, 0.2) is 0 Å². The average Bonchev–Trinajstić information content (AvgIpc) is 3.10. The van der Waals surface area contributed by atoms with Crippen molar-refractivity contribution in [1.82, 2.24) is 15.5 Å². The number of hydrogen-bond donors (Lipinski definition) is 3. The summed E-state index contributed by atoms with van der Waals surface area (Å²) in [5.74, 6) is -5.90. The molecule has 0 bridgehead atoms. The maximum Gasteiger partial charge on any atom is 0.452 e. The van der Waals surface area contributed by atoms with Gasteiger partial charge in [-0.05, 0) is 39.2 Å². The molecular weight excluding hydrogens is 381 g/mol. The van der Waals surface area contributed by atoms with E-state index in [1.54, 1.807) is 0 Å². The van der Waals surface area contributed by atoms with E-state index in [2.05, 4.69) is 10.6 Å². The summed E-state index contributed by atoms with van der Waals surface area (Å²) < 4.78 is 39.4. The molecule has 0 aromatic rings. The Balaban J connectivity index is 3.29. The van der Waals surface area contributed by atoms with E-state index in [9.17, 15) is 32.3 Å². The molecule has 160 valence electrons. The van der Waals surface area contributed by atoms with Gasteiger partial charge in [0, 0.05) is 0 Å². The minimum atomic E-state index is -5.23. The maximum atomic E-state index is 13.1. The largest absolute Gasteiger partial charge is 0.452 e. The quantitative estimate of drug-likeness (QED) is 0.549. The number of ketones is 1. The molecule has 0 saturated carbocycles. The topological polar surface area (TPSA) is 122 Å². The summed E-state index contributed by atoms with van der Waals surface area (Å²) in [5.41, 5.74) is 5.42. The van der Waals surface area contributed by atoms with Crippen LogP contribution in [0.3, 0.4) is 0 Å². The summed E-state index contributed by atoms with van der Waals surface area (Å²) in [7, 11) is 0. The fraction of sp³-hybridized carbons (Fsp3) is 0.765. The number of nitrogens with one attached hydrogen (secondary N) is 2. The van der Waals surface area contributed by atoms with Gasteiger partial charge in [0.2, 0.25) is 11.8 Å². The maximum absolute atomic E-state index is 13.1. The van der Waals surface area contributed by atoms with Gasteiger partial charge >= 0.3 is 6.18 Å². The van der Waals surface area contributed by atoms with Crippen LogP contribution in [0.1, 0.15) is 40.5 Å². The van der Waals surface area contributed by atoms with Gasteiger partial charge in [0.05, 0.1) is 12.1 Å². The summed E-state index contributed by atoms with van der Waals surface area (Å²) in [6.45, 7) is 5.68. The Morgan fingerprint density at radius 3 is 2.11 bits per heavy atom. The van der Waals surface area contributed by atoms with E-state index in [0.717, 1.165) is 0 Å². The summed E-state index contributed by atoms with van der Waals surface area (Å²) in [4.78, 5) is 49.9. The lowest BCUT2D eigenvalue weighted by atomic mass is 9.95. The van der Waals surface area contributed by atoms with Crippen molar-refractivity contribution < 1.29 is 32.3 Å². The van der Waals surface area contributed by atoms with Gasteiger partial charge in [-0.15, -0.1) is 0 Å². The number of Topliss-reactive ketones (excluding diaryl/α,β-unsaturated/α-hetero) is 1. The third-order valence-corrected chi connectivity index (χ3v) is 4.43. The van der Waals surface area contributed by atoms with Crippen LogP contribution in [0.4, 0.5) is 13.2 Å². The molecule has 0 spiro atoms. The Morgan fingerprint density at radius 2 is 1.71 bits per heavy atom. The molecule has 0 aliphatic carbocycles. The van der Waals surface area contributed by atoms with Crippen molar-refractivity contribution in [3.05, 3.63) is 0 Å². The number of alkyl halides is 3. The van der Waals surface area contributed by atoms with Gasteiger partial charge in [-0.1, -0.05) is 13.8 Å². The third-order valence-electron chi connectivity index (χ3n) is 4.43. The Bertz CT molecular complexity index is 616. The molecule has 28 heavy (non-hydrogen) atoms. The first kappa shape index (κ1) is 24.0. The van der Waals surface area contributed by atoms with Gasteiger partial charge in [-0.25, -0.2) is 0 Å². The zero-order chi connectivity index (χ0) is 21.8. The molecule has 4 N–H and O–H groups in total. The second-order valence-corrected chi connectivity index (χ2v) is 7.27. The number of hydrogen-bond acceptors (Lipinski definition) is 6. The van der Waals surface area contributed by atoms with E-state index < -0.39 is 59.8 Å². The summed E-state index contributed by atoms with van der Waals surface area (Å²) in [6, 6.07) is -5.21. The van der Waals surface area contributed by atoms with Crippen LogP contribution < -0.4 is 16.4 Å². The summed E-state index contributed by atoms with van der Waals surface area (Å²) >= 11 is 0. The Morgan fingerprint density at radius 1 is 1.14 bits per heavy atom. The molecule has 0 aromatic carbocycles. The first-order chi connectivity index (χ1) is 12.8. The number of nitrogens with two attached hydrogens (primary N) is 1. The zero-order valence-corrected chi connectivity index (χ0v) is 16.3. The van der Waals surface area contributed by atoms with Crippen LogP contribution >= 0.6 is 0 Å². The van der Waals surface area contributed by atoms with Gasteiger partial charge in [-0.2, -0.15) is 13.2 Å². The molecule has 1 aliphatic rings. The monoisotopic (exact) mass is 408 g/mol. The average molecular weight is 408 g/mol. The van der Waals surface area contributed by atoms with E-state index in [0.29, 0.717) is 24.3 Å². The van der Waals surface area contributed by atoms with Crippen molar-refractivity contribution in [2.24, 2.45) is 11.7 Å². The normalized spacial score (nSPS) is 20.4. The first-order valence-electron chi connectivity index (χ1n) is 9.06. The minimum Gasteiger partial charge on any atom is -0.343 e. The first-order valence-corrected chi connectivity index (χ1v) is 9.06. The molecule has 3 amide bonds. The molecule has 0 radical (unpaired) electrons. The van der Waals surface area contributed by atoms with E-state index in [-0.39, 0.29) is 0 Å². The molecule has 1 fully saturated rings. The van der Waals surface area contributed by atoms with Crippen LogP contribution in [0.5, 0.6) is 0 Å². The van der Waals surface area contributed by atoms with Crippen LogP contribution in [0, 0.1) is 5.92 Å². The van der Waals surface area contributed by atoms with Crippen LogP contribution in [-0.4, -0.2) is 65.3 Å². The highest BCUT2D eigenvalue weighted by Gasteiger charge is 2.51. The lowest BCUT2D eigenvalue weighted by Gasteiger charge is -2.35. The molecule has 1 heterocycles. The number of nitrogens with zero attached hydrogens (tertiary/aromatic N) is 1. The number of halogens is 3. The molecule has 1 aliphatic heterocycles. The molecule has 4 atom stereocenters. The lowest BCUT2D eigenvalue weighted by molar-refractivity contribution is -0.182. The molecule has 1 saturated heterocycles. The number of carbonyl (C=O) groups is 4. The predicted molar refractivity (Wildman–Crippen MR) is 93.8 cm³/mol. The molecule has 11 heteroatoms. The van der Waals surface area contributed by atoms with Crippen molar-refractivity contribution in [3.63, 3.8) is 0 Å². The molecule has 1 rings (SSSR count).